The van der Waals surface area contributed by atoms with Crippen LogP contribution in [0.3, 0.4) is 0 Å². The van der Waals surface area contributed by atoms with Crippen LogP contribution in [0.15, 0.2) is 24.3 Å². The summed E-state index contributed by atoms with van der Waals surface area (Å²) < 4.78 is 1.78. The highest BCUT2D eigenvalue weighted by molar-refractivity contribution is 5.96. The summed E-state index contributed by atoms with van der Waals surface area (Å²) in [6, 6.07) is 8.13. The van der Waals surface area contributed by atoms with E-state index < -0.39 is 0 Å². The Morgan fingerprint density at radius 2 is 2.00 bits per heavy atom. The lowest BCUT2D eigenvalue weighted by atomic mass is 10.0. The van der Waals surface area contributed by atoms with E-state index in [0.717, 1.165) is 29.8 Å². The Morgan fingerprint density at radius 1 is 1.21 bits per heavy atom. The molecule has 1 aromatic carbocycles. The van der Waals surface area contributed by atoms with E-state index in [1.165, 1.54) is 17.5 Å². The molecule has 1 aliphatic rings. The molecule has 3 heteroatoms. The van der Waals surface area contributed by atoms with Gasteiger partial charge in [0.25, 0.3) is 0 Å². The minimum absolute atomic E-state index is 0.140. The summed E-state index contributed by atoms with van der Waals surface area (Å²) in [5, 5.41) is 4.34. The molecule has 0 N–H and O–H groups in total. The van der Waals surface area contributed by atoms with Gasteiger partial charge in [-0.3, -0.25) is 9.48 Å². The highest BCUT2D eigenvalue weighted by Crippen LogP contribution is 2.23. The van der Waals surface area contributed by atoms with Gasteiger partial charge in [0, 0.05) is 11.3 Å². The third kappa shape index (κ3) is 2.33. The number of nitrogens with zero attached hydrogens (tertiary/aromatic N) is 2. The number of hydrogen-bond acceptors (Lipinski definition) is 2. The zero-order valence-corrected chi connectivity index (χ0v) is 11.4. The third-order valence-corrected chi connectivity index (χ3v) is 3.82. The Bertz CT molecular complexity index is 640. The Hall–Kier alpha value is -1.90. The van der Waals surface area contributed by atoms with Gasteiger partial charge < -0.3 is 0 Å². The number of aryl methyl sites for hydroxylation is 4. The highest BCUT2D eigenvalue weighted by atomic mass is 16.1. The second kappa shape index (κ2) is 4.65. The van der Waals surface area contributed by atoms with Gasteiger partial charge in [-0.25, -0.2) is 0 Å². The number of carbonyl (C=O) groups excluding carboxylic acids is 1. The van der Waals surface area contributed by atoms with E-state index in [-0.39, 0.29) is 5.78 Å². The van der Waals surface area contributed by atoms with Crippen molar-refractivity contribution in [2.75, 3.05) is 0 Å². The smallest absolute Gasteiger partial charge is 0.184 e. The van der Waals surface area contributed by atoms with Gasteiger partial charge in [-0.15, -0.1) is 0 Å². The lowest BCUT2D eigenvalue weighted by molar-refractivity contribution is 0.0966. The fourth-order valence-corrected chi connectivity index (χ4v) is 2.81. The summed E-state index contributed by atoms with van der Waals surface area (Å²) in [6.07, 6.45) is 3.47. The minimum atomic E-state index is 0.140. The standard InChI is InChI=1S/C16H18N2O/c1-11-8-12(2)18(17-11)10-16(19)15-7-6-13-4-3-5-14(13)9-15/h6-9H,3-5,10H2,1-2H3. The van der Waals surface area contributed by atoms with E-state index in [9.17, 15) is 4.79 Å². The van der Waals surface area contributed by atoms with E-state index in [1.54, 1.807) is 4.68 Å². The van der Waals surface area contributed by atoms with Crippen molar-refractivity contribution < 1.29 is 4.79 Å². The molecule has 3 nitrogen and oxygen atoms in total. The van der Waals surface area contributed by atoms with Gasteiger partial charge >= 0.3 is 0 Å². The number of carbonyl (C=O) groups is 1. The fraction of sp³-hybridized carbons (Fsp3) is 0.375. The molecule has 0 spiro atoms. The molecule has 0 radical (unpaired) electrons. The van der Waals surface area contributed by atoms with Crippen LogP contribution < -0.4 is 0 Å². The summed E-state index contributed by atoms with van der Waals surface area (Å²) in [5.41, 5.74) is 5.56. The lowest BCUT2D eigenvalue weighted by Crippen LogP contribution is -2.13. The second-order valence-electron chi connectivity index (χ2n) is 5.34. The highest BCUT2D eigenvalue weighted by Gasteiger charge is 2.15. The molecular weight excluding hydrogens is 236 g/mol. The second-order valence-corrected chi connectivity index (χ2v) is 5.34. The Labute approximate surface area is 113 Å². The molecule has 0 unspecified atom stereocenters. The molecule has 0 amide bonds. The van der Waals surface area contributed by atoms with Crippen molar-refractivity contribution in [1.29, 1.82) is 0 Å². The Balaban J connectivity index is 1.82. The largest absolute Gasteiger partial charge is 0.292 e. The molecule has 0 fully saturated rings. The topological polar surface area (TPSA) is 34.9 Å². The van der Waals surface area contributed by atoms with Crippen molar-refractivity contribution in [1.82, 2.24) is 9.78 Å². The number of fused-ring (bicyclic) bond motifs is 1. The van der Waals surface area contributed by atoms with Gasteiger partial charge in [0.05, 0.1) is 5.69 Å². The van der Waals surface area contributed by atoms with Crippen LogP contribution in [0.5, 0.6) is 0 Å². The first-order valence-electron chi connectivity index (χ1n) is 6.79. The van der Waals surface area contributed by atoms with Crippen molar-refractivity contribution in [3.8, 4) is 0 Å². The lowest BCUT2D eigenvalue weighted by Gasteiger charge is -2.06. The normalized spacial score (nSPS) is 13.6. The zero-order valence-electron chi connectivity index (χ0n) is 11.4. The first kappa shape index (κ1) is 12.2. The monoisotopic (exact) mass is 254 g/mol. The Morgan fingerprint density at radius 3 is 2.74 bits per heavy atom. The minimum Gasteiger partial charge on any atom is -0.292 e. The van der Waals surface area contributed by atoms with E-state index >= 15 is 0 Å². The number of rotatable bonds is 3. The van der Waals surface area contributed by atoms with Crippen molar-refractivity contribution >= 4 is 5.78 Å². The molecule has 3 rings (SSSR count). The van der Waals surface area contributed by atoms with Crippen LogP contribution in [0.25, 0.3) is 0 Å². The van der Waals surface area contributed by atoms with Crippen molar-refractivity contribution in [2.24, 2.45) is 0 Å². The Kier molecular flexibility index (Phi) is 2.97. The van der Waals surface area contributed by atoms with E-state index in [0.29, 0.717) is 6.54 Å². The zero-order chi connectivity index (χ0) is 13.4. The van der Waals surface area contributed by atoms with Crippen LogP contribution in [-0.4, -0.2) is 15.6 Å². The molecule has 19 heavy (non-hydrogen) atoms. The maximum Gasteiger partial charge on any atom is 0.184 e. The van der Waals surface area contributed by atoms with Crippen molar-refractivity contribution in [3.63, 3.8) is 0 Å². The average Bonchev–Trinajstić information content (AvgIpc) is 2.95. The van der Waals surface area contributed by atoms with Crippen LogP contribution in [0.1, 0.15) is 39.3 Å². The van der Waals surface area contributed by atoms with Gasteiger partial charge in [0.15, 0.2) is 5.78 Å². The van der Waals surface area contributed by atoms with Gasteiger partial charge in [-0.1, -0.05) is 12.1 Å². The molecule has 2 aromatic rings. The molecule has 1 aliphatic carbocycles. The molecule has 1 aromatic heterocycles. The van der Waals surface area contributed by atoms with E-state index in [4.69, 9.17) is 0 Å². The van der Waals surface area contributed by atoms with E-state index in [2.05, 4.69) is 17.2 Å². The third-order valence-electron chi connectivity index (χ3n) is 3.82. The maximum atomic E-state index is 12.3. The maximum absolute atomic E-state index is 12.3. The molecule has 0 aliphatic heterocycles. The number of hydrogen-bond donors (Lipinski definition) is 0. The summed E-state index contributed by atoms with van der Waals surface area (Å²) in [6.45, 7) is 4.26. The van der Waals surface area contributed by atoms with Crippen LogP contribution in [-0.2, 0) is 19.4 Å². The van der Waals surface area contributed by atoms with Crippen molar-refractivity contribution in [2.45, 2.75) is 39.7 Å². The SMILES string of the molecule is Cc1cc(C)n(CC(=O)c2ccc3c(c2)CCC3)n1. The molecule has 0 saturated carbocycles. The van der Waals surface area contributed by atoms with Gasteiger partial charge in [0.2, 0.25) is 0 Å². The summed E-state index contributed by atoms with van der Waals surface area (Å²) in [5.74, 6) is 0.140. The number of ketones is 1. The van der Waals surface area contributed by atoms with Gasteiger partial charge in [-0.05, 0) is 56.4 Å². The average molecular weight is 254 g/mol. The summed E-state index contributed by atoms with van der Waals surface area (Å²) >= 11 is 0. The molecule has 1 heterocycles. The molecule has 0 bridgehead atoms. The molecule has 98 valence electrons. The number of benzene rings is 1. The predicted octanol–water partition coefficient (Wildman–Crippen LogP) is 2.87. The van der Waals surface area contributed by atoms with Crippen molar-refractivity contribution in [3.05, 3.63) is 52.3 Å². The van der Waals surface area contributed by atoms with Gasteiger partial charge in [0.1, 0.15) is 6.54 Å². The van der Waals surface area contributed by atoms with E-state index in [1.807, 2.05) is 26.0 Å². The summed E-state index contributed by atoms with van der Waals surface area (Å²) in [7, 11) is 0. The summed E-state index contributed by atoms with van der Waals surface area (Å²) in [4.78, 5) is 12.3. The first-order valence-corrected chi connectivity index (χ1v) is 6.79. The van der Waals surface area contributed by atoms with Crippen LogP contribution >= 0.6 is 0 Å². The van der Waals surface area contributed by atoms with Crippen LogP contribution in [0.2, 0.25) is 0 Å². The number of aromatic nitrogens is 2. The van der Waals surface area contributed by atoms with Crippen LogP contribution in [0, 0.1) is 13.8 Å². The molecule has 0 atom stereocenters. The predicted molar refractivity (Wildman–Crippen MR) is 74.5 cm³/mol. The quantitative estimate of drug-likeness (QED) is 0.789. The van der Waals surface area contributed by atoms with Crippen LogP contribution in [0.4, 0.5) is 0 Å². The number of Topliss-reactive ketones (excluding diaryl/α,β-unsaturated/α-hetero) is 1. The molecular formula is C16H18N2O. The molecule has 0 saturated heterocycles. The van der Waals surface area contributed by atoms with Gasteiger partial charge in [-0.2, -0.15) is 5.10 Å². The first-order chi connectivity index (χ1) is 9.13. The fourth-order valence-electron chi connectivity index (χ4n) is 2.81.